The molecule has 1 aliphatic carbocycles. The summed E-state index contributed by atoms with van der Waals surface area (Å²) < 4.78 is 0. The number of benzene rings is 1. The molecule has 0 bridgehead atoms. The van der Waals surface area contributed by atoms with Crippen LogP contribution in [0.1, 0.15) is 84.6 Å². The van der Waals surface area contributed by atoms with Gasteiger partial charge in [0.25, 0.3) is 0 Å². The Bertz CT molecular complexity index is 617. The van der Waals surface area contributed by atoms with Crippen molar-refractivity contribution in [3.05, 3.63) is 23.8 Å². The molecule has 3 rings (SSSR count). The van der Waals surface area contributed by atoms with Gasteiger partial charge in [0, 0.05) is 44.1 Å². The molecule has 29 heavy (non-hydrogen) atoms. The number of hydrogen-bond donors (Lipinski definition) is 1. The minimum atomic E-state index is 0.456. The molecular weight excluding hydrogens is 354 g/mol. The van der Waals surface area contributed by atoms with Gasteiger partial charge in [-0.15, -0.1) is 0 Å². The third kappa shape index (κ3) is 5.90. The molecule has 1 heterocycles. The molecule has 2 aliphatic rings. The lowest BCUT2D eigenvalue weighted by molar-refractivity contribution is 0.169. The number of unbranched alkanes of at least 4 members (excludes halogenated alkanes) is 1. The molecule has 1 aliphatic heterocycles. The summed E-state index contributed by atoms with van der Waals surface area (Å²) in [5, 5.41) is 3.54. The minimum Gasteiger partial charge on any atom is -0.385 e. The van der Waals surface area contributed by atoms with Crippen molar-refractivity contribution in [3.63, 3.8) is 0 Å². The van der Waals surface area contributed by atoms with Gasteiger partial charge in [-0.3, -0.25) is 4.90 Å². The lowest BCUT2D eigenvalue weighted by Crippen LogP contribution is -2.47. The van der Waals surface area contributed by atoms with Crippen molar-refractivity contribution in [2.45, 2.75) is 79.1 Å². The molecule has 1 aromatic carbocycles. The van der Waals surface area contributed by atoms with Crippen LogP contribution in [0.15, 0.2) is 18.2 Å². The number of nitrogens with zero attached hydrogens (tertiary/aromatic N) is 2. The van der Waals surface area contributed by atoms with Crippen LogP contribution in [-0.2, 0) is 0 Å². The van der Waals surface area contributed by atoms with Gasteiger partial charge in [0.2, 0.25) is 0 Å². The molecule has 2 fully saturated rings. The standard InChI is InChI=1S/C26H45N3/c1-6-8-15-28-16-18-29(19-17-28)25-20-23(27-7-2)13-14-24(25)21-9-11-22(12-10-21)26(3,4)5/h13-14,20-22,27H,6-12,15-19H2,1-5H3. The third-order valence-electron chi connectivity index (χ3n) is 7.34. The second-order valence-corrected chi connectivity index (χ2v) is 10.4. The van der Waals surface area contributed by atoms with Gasteiger partial charge in [0.15, 0.2) is 0 Å². The Kier molecular flexibility index (Phi) is 7.90. The van der Waals surface area contributed by atoms with E-state index in [4.69, 9.17) is 0 Å². The zero-order valence-electron chi connectivity index (χ0n) is 19.8. The molecule has 3 nitrogen and oxygen atoms in total. The monoisotopic (exact) mass is 399 g/mol. The number of piperazine rings is 1. The van der Waals surface area contributed by atoms with Gasteiger partial charge in [0.05, 0.1) is 0 Å². The van der Waals surface area contributed by atoms with Crippen molar-refractivity contribution in [1.29, 1.82) is 0 Å². The first kappa shape index (κ1) is 22.5. The topological polar surface area (TPSA) is 18.5 Å². The summed E-state index contributed by atoms with van der Waals surface area (Å²) in [6.07, 6.45) is 8.10. The summed E-state index contributed by atoms with van der Waals surface area (Å²) in [6, 6.07) is 7.20. The van der Waals surface area contributed by atoms with E-state index < -0.39 is 0 Å². The Morgan fingerprint density at radius 2 is 1.66 bits per heavy atom. The van der Waals surface area contributed by atoms with E-state index in [0.29, 0.717) is 5.41 Å². The second-order valence-electron chi connectivity index (χ2n) is 10.4. The normalized spacial score (nSPS) is 24.0. The maximum absolute atomic E-state index is 3.54. The van der Waals surface area contributed by atoms with Gasteiger partial charge in [-0.2, -0.15) is 0 Å². The molecule has 0 amide bonds. The molecule has 1 saturated carbocycles. The molecular formula is C26H45N3. The van der Waals surface area contributed by atoms with Gasteiger partial charge >= 0.3 is 0 Å². The first-order valence-corrected chi connectivity index (χ1v) is 12.3. The van der Waals surface area contributed by atoms with Crippen LogP contribution < -0.4 is 10.2 Å². The molecule has 0 radical (unpaired) electrons. The predicted octanol–water partition coefficient (Wildman–Crippen LogP) is 6.36. The Morgan fingerprint density at radius 1 is 0.966 bits per heavy atom. The molecule has 3 heteroatoms. The molecule has 164 valence electrons. The Hall–Kier alpha value is -1.22. The summed E-state index contributed by atoms with van der Waals surface area (Å²) in [7, 11) is 0. The highest BCUT2D eigenvalue weighted by atomic mass is 15.3. The van der Waals surface area contributed by atoms with Crippen molar-refractivity contribution in [2.24, 2.45) is 11.3 Å². The van der Waals surface area contributed by atoms with Crippen LogP contribution in [-0.4, -0.2) is 44.2 Å². The van der Waals surface area contributed by atoms with Gasteiger partial charge in [-0.1, -0.05) is 40.2 Å². The van der Waals surface area contributed by atoms with Crippen LogP contribution >= 0.6 is 0 Å². The fourth-order valence-corrected chi connectivity index (χ4v) is 5.34. The van der Waals surface area contributed by atoms with Crippen molar-refractivity contribution in [3.8, 4) is 0 Å². The van der Waals surface area contributed by atoms with E-state index in [-0.39, 0.29) is 0 Å². The smallest absolute Gasteiger partial charge is 0.0423 e. The molecule has 1 aromatic rings. The van der Waals surface area contributed by atoms with Gasteiger partial charge in [-0.25, -0.2) is 0 Å². The fraction of sp³-hybridized carbons (Fsp3) is 0.769. The molecule has 1 saturated heterocycles. The molecule has 0 aromatic heterocycles. The van der Waals surface area contributed by atoms with Gasteiger partial charge in [-0.05, 0) is 80.5 Å². The summed E-state index contributed by atoms with van der Waals surface area (Å²) in [6.45, 7) is 18.8. The van der Waals surface area contributed by atoms with Crippen LogP contribution in [0, 0.1) is 11.3 Å². The zero-order valence-corrected chi connectivity index (χ0v) is 19.8. The largest absolute Gasteiger partial charge is 0.385 e. The maximum Gasteiger partial charge on any atom is 0.0423 e. The lowest BCUT2D eigenvalue weighted by atomic mass is 9.68. The highest BCUT2D eigenvalue weighted by molar-refractivity contribution is 5.64. The van der Waals surface area contributed by atoms with E-state index in [2.05, 4.69) is 67.9 Å². The highest BCUT2D eigenvalue weighted by Crippen LogP contribution is 2.45. The van der Waals surface area contributed by atoms with Crippen molar-refractivity contribution in [1.82, 2.24) is 4.90 Å². The van der Waals surface area contributed by atoms with E-state index >= 15 is 0 Å². The molecule has 0 atom stereocenters. The summed E-state index contributed by atoms with van der Waals surface area (Å²) in [5.74, 6) is 1.61. The van der Waals surface area contributed by atoms with Crippen molar-refractivity contribution in [2.75, 3.05) is 49.5 Å². The third-order valence-corrected chi connectivity index (χ3v) is 7.34. The van der Waals surface area contributed by atoms with Crippen LogP contribution in [0.3, 0.4) is 0 Å². The van der Waals surface area contributed by atoms with Crippen molar-refractivity contribution >= 4 is 11.4 Å². The predicted molar refractivity (Wildman–Crippen MR) is 128 cm³/mol. The van der Waals surface area contributed by atoms with Crippen LogP contribution in [0.4, 0.5) is 11.4 Å². The quantitative estimate of drug-likeness (QED) is 0.575. The number of anilines is 2. The number of nitrogens with one attached hydrogen (secondary N) is 1. The van der Waals surface area contributed by atoms with Gasteiger partial charge in [0.1, 0.15) is 0 Å². The van der Waals surface area contributed by atoms with Crippen LogP contribution in [0.25, 0.3) is 0 Å². The lowest BCUT2D eigenvalue weighted by Gasteiger charge is -2.40. The zero-order chi connectivity index (χ0) is 20.9. The maximum atomic E-state index is 3.54. The number of rotatable bonds is 7. The fourth-order valence-electron chi connectivity index (χ4n) is 5.34. The van der Waals surface area contributed by atoms with Crippen LogP contribution in [0.5, 0.6) is 0 Å². The van der Waals surface area contributed by atoms with E-state index in [1.807, 2.05) is 0 Å². The van der Waals surface area contributed by atoms with E-state index in [1.165, 1.54) is 82.6 Å². The Labute approximate surface area is 180 Å². The van der Waals surface area contributed by atoms with Crippen molar-refractivity contribution < 1.29 is 0 Å². The van der Waals surface area contributed by atoms with E-state index in [0.717, 1.165) is 18.4 Å². The Morgan fingerprint density at radius 3 is 2.24 bits per heavy atom. The van der Waals surface area contributed by atoms with E-state index in [9.17, 15) is 0 Å². The highest BCUT2D eigenvalue weighted by Gasteiger charge is 2.32. The average Bonchev–Trinajstić information content (AvgIpc) is 2.72. The first-order valence-electron chi connectivity index (χ1n) is 12.3. The SMILES string of the molecule is CCCCN1CCN(c2cc(NCC)ccc2C2CCC(C(C)(C)C)CC2)CC1. The minimum absolute atomic E-state index is 0.456. The van der Waals surface area contributed by atoms with Gasteiger partial charge < -0.3 is 10.2 Å². The molecule has 1 N–H and O–H groups in total. The summed E-state index contributed by atoms with van der Waals surface area (Å²) >= 11 is 0. The number of hydrogen-bond acceptors (Lipinski definition) is 3. The second kappa shape index (κ2) is 10.2. The Balaban J connectivity index is 1.73. The van der Waals surface area contributed by atoms with E-state index in [1.54, 1.807) is 5.56 Å². The first-order chi connectivity index (χ1) is 13.9. The summed E-state index contributed by atoms with van der Waals surface area (Å²) in [5.41, 5.74) is 4.86. The summed E-state index contributed by atoms with van der Waals surface area (Å²) in [4.78, 5) is 5.33. The molecule has 0 spiro atoms. The average molecular weight is 400 g/mol. The molecule has 0 unspecified atom stereocenters. The van der Waals surface area contributed by atoms with Crippen LogP contribution in [0.2, 0.25) is 0 Å².